The molecule has 0 saturated carbocycles. The molecule has 0 N–H and O–H groups in total. The van der Waals surface area contributed by atoms with Crippen molar-refractivity contribution in [2.75, 3.05) is 29.8 Å². The lowest BCUT2D eigenvalue weighted by atomic mass is 10.2. The average molecular weight is 402 g/mol. The van der Waals surface area contributed by atoms with E-state index >= 15 is 0 Å². The van der Waals surface area contributed by atoms with Crippen LogP contribution in [0.15, 0.2) is 23.1 Å². The molecule has 2 saturated heterocycles. The van der Waals surface area contributed by atoms with Crippen LogP contribution in [0, 0.1) is 0 Å². The van der Waals surface area contributed by atoms with Crippen LogP contribution in [0.4, 0.5) is 5.69 Å². The second kappa shape index (κ2) is 7.16. The molecule has 0 unspecified atom stereocenters. The summed E-state index contributed by atoms with van der Waals surface area (Å²) in [6, 6.07) is 4.05. The van der Waals surface area contributed by atoms with Crippen LogP contribution >= 0.6 is 0 Å². The SMILES string of the molecule is CCOc1ccc(N2C(=O)CCS2(=O)=O)cc1S(=O)(=O)N1CCCCC1. The highest BCUT2D eigenvalue weighted by Crippen LogP contribution is 2.35. The minimum absolute atomic E-state index is 0.0338. The first-order valence-electron chi connectivity index (χ1n) is 8.60. The molecule has 0 spiro atoms. The number of sulfonamides is 2. The summed E-state index contributed by atoms with van der Waals surface area (Å²) < 4.78 is 58.0. The second-order valence-corrected chi connectivity index (χ2v) is 10.1. The molecule has 8 nitrogen and oxygen atoms in total. The first-order valence-corrected chi connectivity index (χ1v) is 11.6. The topological polar surface area (TPSA) is 101 Å². The van der Waals surface area contributed by atoms with Crippen molar-refractivity contribution < 1.29 is 26.4 Å². The van der Waals surface area contributed by atoms with Gasteiger partial charge >= 0.3 is 0 Å². The summed E-state index contributed by atoms with van der Waals surface area (Å²) in [5, 5.41) is 0. The zero-order valence-electron chi connectivity index (χ0n) is 14.5. The van der Waals surface area contributed by atoms with E-state index in [1.54, 1.807) is 6.92 Å². The number of ether oxygens (including phenoxy) is 1. The van der Waals surface area contributed by atoms with Crippen LogP contribution in [0.3, 0.4) is 0 Å². The van der Waals surface area contributed by atoms with Gasteiger partial charge in [0, 0.05) is 19.5 Å². The molecular weight excluding hydrogens is 380 g/mol. The molecule has 1 amide bonds. The maximum Gasteiger partial charge on any atom is 0.246 e. The van der Waals surface area contributed by atoms with E-state index in [9.17, 15) is 21.6 Å². The minimum Gasteiger partial charge on any atom is -0.492 e. The van der Waals surface area contributed by atoms with Gasteiger partial charge in [-0.3, -0.25) is 4.79 Å². The predicted octanol–water partition coefficient (Wildman–Crippen LogP) is 1.33. The summed E-state index contributed by atoms with van der Waals surface area (Å²) in [5.74, 6) is -0.672. The molecule has 0 aromatic heterocycles. The third-order valence-electron chi connectivity index (χ3n) is 4.47. The zero-order chi connectivity index (χ0) is 18.9. The van der Waals surface area contributed by atoms with Crippen molar-refractivity contribution in [2.24, 2.45) is 0 Å². The normalized spacial score (nSPS) is 21.1. The highest BCUT2D eigenvalue weighted by Gasteiger charge is 2.38. The summed E-state index contributed by atoms with van der Waals surface area (Å²) in [7, 11) is -7.61. The summed E-state index contributed by atoms with van der Waals surface area (Å²) in [6.07, 6.45) is 2.43. The molecule has 3 rings (SSSR count). The molecule has 2 aliphatic heterocycles. The van der Waals surface area contributed by atoms with Crippen LogP contribution in [0.2, 0.25) is 0 Å². The summed E-state index contributed by atoms with van der Waals surface area (Å²) in [4.78, 5) is 11.9. The molecule has 2 fully saturated rings. The lowest BCUT2D eigenvalue weighted by Gasteiger charge is -2.27. The molecule has 0 bridgehead atoms. The third kappa shape index (κ3) is 3.45. The van der Waals surface area contributed by atoms with Crippen LogP contribution in [-0.2, 0) is 24.8 Å². The number of hydrogen-bond donors (Lipinski definition) is 0. The maximum absolute atomic E-state index is 13.1. The Hall–Kier alpha value is -1.65. The molecule has 26 heavy (non-hydrogen) atoms. The number of nitrogens with zero attached hydrogens (tertiary/aromatic N) is 2. The van der Waals surface area contributed by atoms with E-state index in [-0.39, 0.29) is 35.1 Å². The predicted molar refractivity (Wildman–Crippen MR) is 96.1 cm³/mol. The van der Waals surface area contributed by atoms with Gasteiger partial charge in [0.05, 0.1) is 18.0 Å². The standard InChI is InChI=1S/C16H22N2O6S2/c1-2-24-14-7-6-13(18-16(19)8-11-25(18,20)21)12-15(14)26(22,23)17-9-4-3-5-10-17/h6-7,12H,2-5,8-11H2,1H3. The van der Waals surface area contributed by atoms with Crippen molar-refractivity contribution in [1.29, 1.82) is 0 Å². The Kier molecular flexibility index (Phi) is 5.27. The van der Waals surface area contributed by atoms with Crippen molar-refractivity contribution in [3.8, 4) is 5.75 Å². The molecule has 1 aromatic carbocycles. The van der Waals surface area contributed by atoms with E-state index in [1.165, 1.54) is 22.5 Å². The van der Waals surface area contributed by atoms with Gasteiger partial charge in [0.25, 0.3) is 0 Å². The van der Waals surface area contributed by atoms with Gasteiger partial charge in [-0.2, -0.15) is 4.31 Å². The molecule has 0 atom stereocenters. The largest absolute Gasteiger partial charge is 0.492 e. The summed E-state index contributed by atoms with van der Waals surface area (Å²) >= 11 is 0. The Bertz CT molecular complexity index is 905. The van der Waals surface area contributed by atoms with Gasteiger partial charge in [0.2, 0.25) is 26.0 Å². The van der Waals surface area contributed by atoms with Crippen LogP contribution in [0.1, 0.15) is 32.6 Å². The van der Waals surface area contributed by atoms with Gasteiger partial charge in [-0.05, 0) is 38.0 Å². The van der Waals surface area contributed by atoms with Crippen LogP contribution < -0.4 is 9.04 Å². The number of carbonyl (C=O) groups excluding carboxylic acids is 1. The zero-order valence-corrected chi connectivity index (χ0v) is 16.2. The molecule has 144 valence electrons. The van der Waals surface area contributed by atoms with E-state index in [4.69, 9.17) is 4.74 Å². The van der Waals surface area contributed by atoms with Crippen molar-refractivity contribution in [2.45, 2.75) is 37.5 Å². The fraction of sp³-hybridized carbons (Fsp3) is 0.562. The summed E-state index contributed by atoms with van der Waals surface area (Å²) in [6.45, 7) is 2.83. The molecular formula is C16H22N2O6S2. The van der Waals surface area contributed by atoms with E-state index in [1.807, 2.05) is 0 Å². The number of piperidine rings is 1. The van der Waals surface area contributed by atoms with E-state index < -0.39 is 26.0 Å². The molecule has 1 aromatic rings. The van der Waals surface area contributed by atoms with Crippen molar-refractivity contribution in [1.82, 2.24) is 4.31 Å². The Balaban J connectivity index is 2.09. The van der Waals surface area contributed by atoms with Gasteiger partial charge in [0.15, 0.2) is 0 Å². The number of anilines is 1. The summed E-state index contributed by atoms with van der Waals surface area (Å²) in [5.41, 5.74) is 0.0338. The fourth-order valence-electron chi connectivity index (χ4n) is 3.21. The Morgan fingerprint density at radius 2 is 1.85 bits per heavy atom. The number of carbonyl (C=O) groups is 1. The highest BCUT2D eigenvalue weighted by atomic mass is 32.2. The van der Waals surface area contributed by atoms with Crippen LogP contribution in [-0.4, -0.2) is 52.5 Å². The van der Waals surface area contributed by atoms with Crippen molar-refractivity contribution in [3.63, 3.8) is 0 Å². The van der Waals surface area contributed by atoms with Gasteiger partial charge in [-0.1, -0.05) is 6.42 Å². The second-order valence-electron chi connectivity index (χ2n) is 6.25. The Labute approximate surface area is 153 Å². The lowest BCUT2D eigenvalue weighted by molar-refractivity contribution is -0.116. The maximum atomic E-state index is 13.1. The monoisotopic (exact) mass is 402 g/mol. The van der Waals surface area contributed by atoms with Gasteiger partial charge in [-0.15, -0.1) is 0 Å². The molecule has 10 heteroatoms. The highest BCUT2D eigenvalue weighted by molar-refractivity contribution is 7.94. The minimum atomic E-state index is -3.85. The first-order chi connectivity index (χ1) is 12.3. The Morgan fingerprint density at radius 1 is 1.15 bits per heavy atom. The molecule has 2 aliphatic rings. The fourth-order valence-corrected chi connectivity index (χ4v) is 6.33. The van der Waals surface area contributed by atoms with Crippen LogP contribution in [0.5, 0.6) is 5.75 Å². The quantitative estimate of drug-likeness (QED) is 0.736. The lowest BCUT2D eigenvalue weighted by Crippen LogP contribution is -2.36. The first kappa shape index (κ1) is 19.1. The number of hydrogen-bond acceptors (Lipinski definition) is 6. The van der Waals surface area contributed by atoms with Gasteiger partial charge in [0.1, 0.15) is 10.6 Å². The van der Waals surface area contributed by atoms with E-state index in [2.05, 4.69) is 0 Å². The number of amides is 1. The molecule has 2 heterocycles. The van der Waals surface area contributed by atoms with Gasteiger partial charge < -0.3 is 4.74 Å². The number of benzene rings is 1. The average Bonchev–Trinajstić information content (AvgIpc) is 2.89. The van der Waals surface area contributed by atoms with Gasteiger partial charge in [-0.25, -0.2) is 21.1 Å². The molecule has 0 aliphatic carbocycles. The Morgan fingerprint density at radius 3 is 2.42 bits per heavy atom. The smallest absolute Gasteiger partial charge is 0.246 e. The van der Waals surface area contributed by atoms with Crippen molar-refractivity contribution in [3.05, 3.63) is 18.2 Å². The van der Waals surface area contributed by atoms with E-state index in [0.717, 1.165) is 19.3 Å². The number of rotatable bonds is 5. The molecule has 0 radical (unpaired) electrons. The van der Waals surface area contributed by atoms with E-state index in [0.29, 0.717) is 17.4 Å². The van der Waals surface area contributed by atoms with Crippen molar-refractivity contribution >= 4 is 31.6 Å². The third-order valence-corrected chi connectivity index (χ3v) is 8.08. The van der Waals surface area contributed by atoms with Crippen LogP contribution in [0.25, 0.3) is 0 Å².